The number of benzene rings is 2. The fraction of sp³-hybridized carbons (Fsp3) is 0.448. The molecule has 4 unspecified atom stereocenters. The van der Waals surface area contributed by atoms with Gasteiger partial charge in [0.25, 0.3) is 0 Å². The molecule has 1 N–H and O–H groups in total. The van der Waals surface area contributed by atoms with Crippen LogP contribution in [0, 0.1) is 11.3 Å². The highest BCUT2D eigenvalue weighted by Crippen LogP contribution is 2.54. The van der Waals surface area contributed by atoms with E-state index in [-0.39, 0.29) is 43.2 Å². The van der Waals surface area contributed by atoms with E-state index in [1.54, 1.807) is 37.1 Å². The van der Waals surface area contributed by atoms with Gasteiger partial charge in [-0.2, -0.15) is 0 Å². The van der Waals surface area contributed by atoms with E-state index in [9.17, 15) is 24.3 Å². The van der Waals surface area contributed by atoms with Crippen LogP contribution in [0.2, 0.25) is 10.0 Å². The van der Waals surface area contributed by atoms with Gasteiger partial charge < -0.3 is 14.9 Å². The minimum atomic E-state index is -1.20. The lowest BCUT2D eigenvalue weighted by atomic mass is 9.67. The topological polar surface area (TPSA) is 98.2 Å². The summed E-state index contributed by atoms with van der Waals surface area (Å²) in [6, 6.07) is 13.4. The van der Waals surface area contributed by atoms with Gasteiger partial charge in [-0.3, -0.25) is 19.3 Å². The summed E-state index contributed by atoms with van der Waals surface area (Å²) in [5.41, 5.74) is 0.529. The number of halogens is 2. The Hall–Kier alpha value is -3.10. The molecule has 0 bridgehead atoms. The highest BCUT2D eigenvalue weighted by atomic mass is 35.5. The average molecular weight is 572 g/mol. The molecule has 1 saturated carbocycles. The molecular weight excluding hydrogens is 541 g/mol. The van der Waals surface area contributed by atoms with E-state index >= 15 is 0 Å². The maximum absolute atomic E-state index is 14.5. The molecule has 39 heavy (non-hydrogen) atoms. The normalized spacial score (nSPS) is 26.4. The summed E-state index contributed by atoms with van der Waals surface area (Å²) in [7, 11) is 1.58. The van der Waals surface area contributed by atoms with Crippen LogP contribution in [0.1, 0.15) is 55.7 Å². The van der Waals surface area contributed by atoms with Gasteiger partial charge in [0, 0.05) is 23.0 Å². The number of carbonyl (C=O) groups excluding carboxylic acids is 3. The number of rotatable bonds is 8. The summed E-state index contributed by atoms with van der Waals surface area (Å²) in [6.45, 7) is 1.76. The van der Waals surface area contributed by atoms with Crippen LogP contribution in [-0.4, -0.2) is 69.8 Å². The number of amides is 4. The zero-order valence-corrected chi connectivity index (χ0v) is 23.4. The van der Waals surface area contributed by atoms with Crippen LogP contribution in [0.15, 0.2) is 48.5 Å². The number of likely N-dealkylation sites (N-methyl/N-ethyl adjacent to an activating group) is 1. The van der Waals surface area contributed by atoms with Crippen molar-refractivity contribution in [3.8, 4) is 0 Å². The van der Waals surface area contributed by atoms with Crippen molar-refractivity contribution in [2.24, 2.45) is 11.3 Å². The molecule has 2 saturated heterocycles. The van der Waals surface area contributed by atoms with Gasteiger partial charge >= 0.3 is 12.0 Å². The van der Waals surface area contributed by atoms with E-state index in [1.165, 1.54) is 9.80 Å². The minimum Gasteiger partial charge on any atom is -0.481 e. The van der Waals surface area contributed by atoms with E-state index in [0.717, 1.165) is 24.0 Å². The number of carboxylic acids is 1. The fourth-order valence-electron chi connectivity index (χ4n) is 6.23. The van der Waals surface area contributed by atoms with Crippen molar-refractivity contribution in [1.82, 2.24) is 14.7 Å². The molecule has 0 radical (unpaired) electrons. The average Bonchev–Trinajstić information content (AvgIpc) is 3.68. The molecule has 2 aromatic carbocycles. The monoisotopic (exact) mass is 571 g/mol. The second kappa shape index (κ2) is 10.5. The Morgan fingerprint density at radius 2 is 1.74 bits per heavy atom. The van der Waals surface area contributed by atoms with E-state index in [1.807, 2.05) is 30.3 Å². The lowest BCUT2D eigenvalue weighted by Gasteiger charge is -2.52. The van der Waals surface area contributed by atoms with Crippen LogP contribution in [0.5, 0.6) is 0 Å². The highest BCUT2D eigenvalue weighted by Gasteiger charge is 2.55. The molecule has 8 nitrogen and oxygen atoms in total. The van der Waals surface area contributed by atoms with E-state index in [4.69, 9.17) is 23.2 Å². The number of aliphatic carboxylic acids is 1. The molecule has 4 atom stereocenters. The lowest BCUT2D eigenvalue weighted by Crippen LogP contribution is -2.59. The Morgan fingerprint density at radius 3 is 2.31 bits per heavy atom. The van der Waals surface area contributed by atoms with E-state index < -0.39 is 29.5 Å². The predicted molar refractivity (Wildman–Crippen MR) is 146 cm³/mol. The quantitative estimate of drug-likeness (QED) is 0.439. The summed E-state index contributed by atoms with van der Waals surface area (Å²) < 4.78 is 0. The molecule has 1 aliphatic carbocycles. The Balaban J connectivity index is 1.67. The van der Waals surface area contributed by atoms with Crippen molar-refractivity contribution in [3.63, 3.8) is 0 Å². The van der Waals surface area contributed by atoms with Gasteiger partial charge in [0.2, 0.25) is 11.8 Å². The molecule has 3 fully saturated rings. The van der Waals surface area contributed by atoms with E-state index in [2.05, 4.69) is 0 Å². The second-order valence-electron chi connectivity index (χ2n) is 11.3. The van der Waals surface area contributed by atoms with Crippen molar-refractivity contribution in [2.45, 2.75) is 50.6 Å². The second-order valence-corrected chi connectivity index (χ2v) is 12.1. The third-order valence-corrected chi connectivity index (χ3v) is 8.74. The first-order chi connectivity index (χ1) is 18.5. The number of carbonyl (C=O) groups is 4. The van der Waals surface area contributed by atoms with Gasteiger partial charge in [-0.15, -0.1) is 0 Å². The Bertz CT molecular complexity index is 1310. The molecule has 10 heteroatoms. The number of likely N-dealkylation sites (tertiary alicyclic amines) is 1. The van der Waals surface area contributed by atoms with Crippen LogP contribution in [0.3, 0.4) is 0 Å². The number of nitrogens with zero attached hydrogens (tertiary/aromatic N) is 3. The smallest absolute Gasteiger partial charge is 0.327 e. The molecule has 0 aromatic heterocycles. The molecule has 3 aliphatic rings. The lowest BCUT2D eigenvalue weighted by molar-refractivity contribution is -0.161. The summed E-state index contributed by atoms with van der Waals surface area (Å²) >= 11 is 12.6. The number of imide groups is 1. The molecule has 4 amide bonds. The zero-order chi connectivity index (χ0) is 28.1. The first kappa shape index (κ1) is 27.5. The zero-order valence-electron chi connectivity index (χ0n) is 21.8. The molecule has 0 spiro atoms. The van der Waals surface area contributed by atoms with Crippen LogP contribution < -0.4 is 0 Å². The number of carboxylic acid groups (broad SMARTS) is 1. The summed E-state index contributed by atoms with van der Waals surface area (Å²) in [6.07, 6.45) is 1.66. The SMILES string of the molecule is CN1CC(=O)N(CC(C2CC2)N2C(=O)C(C)(CC(=O)O)CC(c3cccc(Cl)c3)C2c2ccc(Cl)cc2)C1=O. The standard InChI is InChI=1S/C29H31Cl2N3O5/c1-29(14-25(36)37)13-22(19-4-3-5-21(31)12-19)26(18-8-10-20(30)11-9-18)34(27(29)38)23(17-6-7-17)15-33-24(35)16-32(2)28(33)39/h3-5,8-12,17,22-23,26H,6-7,13-16H2,1-2H3,(H,36,37). The predicted octanol–water partition coefficient (Wildman–Crippen LogP) is 5.20. The molecule has 2 aromatic rings. The van der Waals surface area contributed by atoms with Crippen LogP contribution >= 0.6 is 23.2 Å². The summed E-state index contributed by atoms with van der Waals surface area (Å²) in [5, 5.41) is 10.9. The first-order valence-electron chi connectivity index (χ1n) is 13.1. The fourth-order valence-corrected chi connectivity index (χ4v) is 6.55. The van der Waals surface area contributed by atoms with Gasteiger partial charge in [-0.05, 0) is 60.6 Å². The van der Waals surface area contributed by atoms with Gasteiger partial charge in [-0.25, -0.2) is 4.79 Å². The summed E-state index contributed by atoms with van der Waals surface area (Å²) in [4.78, 5) is 56.5. The number of hydrogen-bond acceptors (Lipinski definition) is 4. The molecule has 2 aliphatic heterocycles. The van der Waals surface area contributed by atoms with Crippen LogP contribution in [0.4, 0.5) is 4.79 Å². The van der Waals surface area contributed by atoms with Crippen molar-refractivity contribution >= 4 is 47.0 Å². The van der Waals surface area contributed by atoms with Gasteiger partial charge in [0.15, 0.2) is 0 Å². The largest absolute Gasteiger partial charge is 0.481 e. The Labute approximate surface area is 237 Å². The maximum atomic E-state index is 14.5. The van der Waals surface area contributed by atoms with Crippen LogP contribution in [-0.2, 0) is 14.4 Å². The molecule has 2 heterocycles. The van der Waals surface area contributed by atoms with Crippen molar-refractivity contribution in [1.29, 1.82) is 0 Å². The Morgan fingerprint density at radius 1 is 1.05 bits per heavy atom. The van der Waals surface area contributed by atoms with E-state index in [0.29, 0.717) is 16.5 Å². The molecular formula is C29H31Cl2N3O5. The molecule has 206 valence electrons. The molecule has 5 rings (SSSR count). The number of urea groups is 1. The maximum Gasteiger partial charge on any atom is 0.327 e. The number of piperidine rings is 1. The van der Waals surface area contributed by atoms with Gasteiger partial charge in [0.05, 0.1) is 30.5 Å². The Kier molecular flexibility index (Phi) is 7.37. The van der Waals surface area contributed by atoms with Gasteiger partial charge in [-0.1, -0.05) is 54.4 Å². The van der Waals surface area contributed by atoms with Crippen LogP contribution in [0.25, 0.3) is 0 Å². The van der Waals surface area contributed by atoms with Crippen molar-refractivity contribution in [2.75, 3.05) is 20.1 Å². The third-order valence-electron chi connectivity index (χ3n) is 8.26. The van der Waals surface area contributed by atoms with Crippen molar-refractivity contribution in [3.05, 3.63) is 69.7 Å². The highest BCUT2D eigenvalue weighted by molar-refractivity contribution is 6.30. The summed E-state index contributed by atoms with van der Waals surface area (Å²) in [5.74, 6) is -1.86. The first-order valence-corrected chi connectivity index (χ1v) is 13.8. The van der Waals surface area contributed by atoms with Gasteiger partial charge in [0.1, 0.15) is 6.54 Å². The van der Waals surface area contributed by atoms with Crippen molar-refractivity contribution < 1.29 is 24.3 Å². The third kappa shape index (κ3) is 5.37. The number of hydrogen-bond donors (Lipinski definition) is 1. The minimum absolute atomic E-state index is 0.00729.